The first-order chi connectivity index (χ1) is 16.2. The molecule has 0 spiro atoms. The third-order valence-electron chi connectivity index (χ3n) is 6.68. The molecule has 2 saturated heterocycles. The van der Waals surface area contributed by atoms with Crippen molar-refractivity contribution in [2.75, 3.05) is 44.7 Å². The Kier molecular flexibility index (Phi) is 6.37. The lowest BCUT2D eigenvalue weighted by atomic mass is 10.0. The van der Waals surface area contributed by atoms with E-state index in [1.54, 1.807) is 0 Å². The molecule has 174 valence electrons. The van der Waals surface area contributed by atoms with Crippen LogP contribution in [0.3, 0.4) is 0 Å². The summed E-state index contributed by atoms with van der Waals surface area (Å²) in [4.78, 5) is 29.6. The number of likely N-dealkylation sites (tertiary alicyclic amines) is 2. The Hall–Kier alpha value is -3.22. The largest absolute Gasteiger partial charge is 0.490 e. The molecule has 33 heavy (non-hydrogen) atoms. The Balaban J connectivity index is 1.23. The van der Waals surface area contributed by atoms with E-state index in [4.69, 9.17) is 9.47 Å². The zero-order chi connectivity index (χ0) is 22.6. The SMILES string of the molecule is O=C(c1cccc(NCC(=O)N2CCC[C@@H]2c2ccc3c(c2)OCCCO3)c1)N1CCCC1. The zero-order valence-electron chi connectivity index (χ0n) is 18.9. The predicted molar refractivity (Wildman–Crippen MR) is 126 cm³/mol. The van der Waals surface area contributed by atoms with Crippen LogP contribution in [0.5, 0.6) is 11.5 Å². The maximum Gasteiger partial charge on any atom is 0.253 e. The molecule has 3 heterocycles. The number of anilines is 1. The summed E-state index contributed by atoms with van der Waals surface area (Å²) in [5.41, 5.74) is 2.55. The molecule has 1 atom stereocenters. The van der Waals surface area contributed by atoms with Crippen LogP contribution in [0.15, 0.2) is 42.5 Å². The van der Waals surface area contributed by atoms with E-state index >= 15 is 0 Å². The Bertz CT molecular complexity index is 1020. The van der Waals surface area contributed by atoms with Crippen molar-refractivity contribution in [3.63, 3.8) is 0 Å². The van der Waals surface area contributed by atoms with E-state index in [9.17, 15) is 9.59 Å². The highest BCUT2D eigenvalue weighted by Crippen LogP contribution is 2.38. The van der Waals surface area contributed by atoms with Crippen LogP contribution in [-0.2, 0) is 4.79 Å². The summed E-state index contributed by atoms with van der Waals surface area (Å²) < 4.78 is 11.6. The first-order valence-corrected chi connectivity index (χ1v) is 12.0. The zero-order valence-corrected chi connectivity index (χ0v) is 18.9. The Morgan fingerprint density at radius 2 is 1.73 bits per heavy atom. The first-order valence-electron chi connectivity index (χ1n) is 12.0. The first kappa shape index (κ1) is 21.6. The summed E-state index contributed by atoms with van der Waals surface area (Å²) in [6.07, 6.45) is 4.92. The van der Waals surface area contributed by atoms with Gasteiger partial charge < -0.3 is 24.6 Å². The van der Waals surface area contributed by atoms with E-state index in [0.29, 0.717) is 18.8 Å². The lowest BCUT2D eigenvalue weighted by Crippen LogP contribution is -2.35. The number of carbonyl (C=O) groups excluding carboxylic acids is 2. The van der Waals surface area contributed by atoms with Crippen LogP contribution < -0.4 is 14.8 Å². The van der Waals surface area contributed by atoms with Gasteiger partial charge in [0.2, 0.25) is 5.91 Å². The number of benzene rings is 2. The van der Waals surface area contributed by atoms with E-state index in [1.807, 2.05) is 52.3 Å². The van der Waals surface area contributed by atoms with Crippen LogP contribution in [0.1, 0.15) is 54.1 Å². The van der Waals surface area contributed by atoms with Crippen molar-refractivity contribution in [3.05, 3.63) is 53.6 Å². The molecule has 0 aliphatic carbocycles. The summed E-state index contributed by atoms with van der Waals surface area (Å²) in [5.74, 6) is 1.66. The fourth-order valence-corrected chi connectivity index (χ4v) is 4.94. The van der Waals surface area contributed by atoms with Crippen molar-refractivity contribution in [3.8, 4) is 11.5 Å². The van der Waals surface area contributed by atoms with Gasteiger partial charge in [-0.25, -0.2) is 0 Å². The molecule has 5 rings (SSSR count). The number of nitrogens with zero attached hydrogens (tertiary/aromatic N) is 2. The van der Waals surface area contributed by atoms with Crippen LogP contribution in [0, 0.1) is 0 Å². The predicted octanol–water partition coefficient (Wildman–Crippen LogP) is 3.86. The summed E-state index contributed by atoms with van der Waals surface area (Å²) in [7, 11) is 0. The lowest BCUT2D eigenvalue weighted by molar-refractivity contribution is -0.130. The van der Waals surface area contributed by atoms with Gasteiger partial charge in [-0.05, 0) is 61.6 Å². The molecule has 3 aliphatic heterocycles. The summed E-state index contributed by atoms with van der Waals surface area (Å²) in [5, 5.41) is 3.23. The van der Waals surface area contributed by atoms with Gasteiger partial charge in [-0.15, -0.1) is 0 Å². The van der Waals surface area contributed by atoms with Gasteiger partial charge in [0.05, 0.1) is 25.8 Å². The Morgan fingerprint density at radius 3 is 2.58 bits per heavy atom. The van der Waals surface area contributed by atoms with Gasteiger partial charge in [-0.2, -0.15) is 0 Å². The molecule has 1 N–H and O–H groups in total. The molecule has 0 aromatic heterocycles. The molecule has 2 aromatic carbocycles. The van der Waals surface area contributed by atoms with E-state index in [0.717, 1.165) is 74.5 Å². The number of hydrogen-bond acceptors (Lipinski definition) is 5. The molecule has 2 aromatic rings. The van der Waals surface area contributed by atoms with Crippen molar-refractivity contribution in [1.29, 1.82) is 0 Å². The quantitative estimate of drug-likeness (QED) is 0.751. The Labute approximate surface area is 194 Å². The molecular formula is C26H31N3O4. The molecule has 0 saturated carbocycles. The second kappa shape index (κ2) is 9.73. The fraction of sp³-hybridized carbons (Fsp3) is 0.462. The highest BCUT2D eigenvalue weighted by atomic mass is 16.5. The van der Waals surface area contributed by atoms with E-state index in [-0.39, 0.29) is 24.4 Å². The highest BCUT2D eigenvalue weighted by Gasteiger charge is 2.30. The van der Waals surface area contributed by atoms with E-state index < -0.39 is 0 Å². The second-order valence-electron chi connectivity index (χ2n) is 8.94. The molecule has 2 amide bonds. The smallest absolute Gasteiger partial charge is 0.253 e. The average Bonchev–Trinajstić information content (AvgIpc) is 3.51. The minimum atomic E-state index is 0.0412. The third-order valence-corrected chi connectivity index (χ3v) is 6.68. The normalized spacial score (nSPS) is 19.9. The van der Waals surface area contributed by atoms with Gasteiger partial charge in [0.25, 0.3) is 5.91 Å². The van der Waals surface area contributed by atoms with E-state index in [1.165, 1.54) is 0 Å². The Morgan fingerprint density at radius 1 is 0.909 bits per heavy atom. The van der Waals surface area contributed by atoms with E-state index in [2.05, 4.69) is 5.32 Å². The van der Waals surface area contributed by atoms with Crippen LogP contribution in [-0.4, -0.2) is 61.0 Å². The molecule has 2 fully saturated rings. The standard InChI is InChI=1S/C26H31N3O4/c30-25(18-27-21-7-3-6-20(16-21)26(31)28-11-1-2-12-28)29-13-4-8-22(29)19-9-10-23-24(17-19)33-15-5-14-32-23/h3,6-7,9-10,16-17,22,27H,1-2,4-5,8,11-15,18H2/t22-/m1/s1. The van der Waals surface area contributed by atoms with Crippen LogP contribution in [0.4, 0.5) is 5.69 Å². The van der Waals surface area contributed by atoms with Crippen molar-refractivity contribution in [2.45, 2.75) is 38.1 Å². The number of hydrogen-bond donors (Lipinski definition) is 1. The number of nitrogens with one attached hydrogen (secondary N) is 1. The minimum Gasteiger partial charge on any atom is -0.490 e. The highest BCUT2D eigenvalue weighted by molar-refractivity contribution is 5.95. The molecule has 7 nitrogen and oxygen atoms in total. The number of fused-ring (bicyclic) bond motifs is 1. The number of amides is 2. The topological polar surface area (TPSA) is 71.1 Å². The molecule has 0 unspecified atom stereocenters. The number of ether oxygens (including phenoxy) is 2. The molecule has 3 aliphatic rings. The third kappa shape index (κ3) is 4.77. The maximum atomic E-state index is 13.1. The van der Waals surface area contributed by atoms with Crippen molar-refractivity contribution in [2.24, 2.45) is 0 Å². The number of carbonyl (C=O) groups is 2. The average molecular weight is 450 g/mol. The van der Waals surface area contributed by atoms with Crippen molar-refractivity contribution in [1.82, 2.24) is 9.80 Å². The molecular weight excluding hydrogens is 418 g/mol. The lowest BCUT2D eigenvalue weighted by Gasteiger charge is -2.26. The summed E-state index contributed by atoms with van der Waals surface area (Å²) in [6, 6.07) is 13.5. The van der Waals surface area contributed by atoms with Crippen LogP contribution in [0.25, 0.3) is 0 Å². The summed E-state index contributed by atoms with van der Waals surface area (Å²) >= 11 is 0. The van der Waals surface area contributed by atoms with Gasteiger partial charge >= 0.3 is 0 Å². The fourth-order valence-electron chi connectivity index (χ4n) is 4.94. The number of rotatable bonds is 5. The maximum absolute atomic E-state index is 13.1. The monoisotopic (exact) mass is 449 g/mol. The second-order valence-corrected chi connectivity index (χ2v) is 8.94. The van der Waals surface area contributed by atoms with Gasteiger partial charge in [0.15, 0.2) is 11.5 Å². The molecule has 0 radical (unpaired) electrons. The van der Waals surface area contributed by atoms with Gasteiger partial charge in [0.1, 0.15) is 0 Å². The van der Waals surface area contributed by atoms with Crippen LogP contribution in [0.2, 0.25) is 0 Å². The van der Waals surface area contributed by atoms with Crippen molar-refractivity contribution < 1.29 is 19.1 Å². The van der Waals surface area contributed by atoms with Gasteiger partial charge in [0, 0.05) is 37.3 Å². The van der Waals surface area contributed by atoms with Crippen LogP contribution >= 0.6 is 0 Å². The van der Waals surface area contributed by atoms with Crippen molar-refractivity contribution >= 4 is 17.5 Å². The van der Waals surface area contributed by atoms with Gasteiger partial charge in [-0.1, -0.05) is 12.1 Å². The van der Waals surface area contributed by atoms with Gasteiger partial charge in [-0.3, -0.25) is 9.59 Å². The minimum absolute atomic E-state index is 0.0412. The summed E-state index contributed by atoms with van der Waals surface area (Å²) in [6.45, 7) is 3.90. The molecule has 7 heteroatoms. The molecule has 0 bridgehead atoms.